The minimum Gasteiger partial charge on any atom is -0.451 e. The molecule has 1 aromatic carbocycles. The number of hydrogen-bond donors (Lipinski definition) is 2. The molecule has 3 atom stereocenters. The minimum absolute atomic E-state index is 0.128. The summed E-state index contributed by atoms with van der Waals surface area (Å²) in [5.41, 5.74) is 1.92. The Morgan fingerprint density at radius 1 is 1.33 bits per heavy atom. The molecule has 2 heterocycles. The second-order valence-corrected chi connectivity index (χ2v) is 6.16. The zero-order valence-electron chi connectivity index (χ0n) is 12.8. The van der Waals surface area contributed by atoms with Crippen molar-refractivity contribution in [2.75, 3.05) is 6.54 Å². The summed E-state index contributed by atoms with van der Waals surface area (Å²) in [4.78, 5) is 12.4. The maximum atomic E-state index is 12.4. The highest BCUT2D eigenvalue weighted by atomic mass is 16.3. The molecule has 3 unspecified atom stereocenters. The standard InChI is InChI=1S/C17H22N2O2/c1-10-4-5-14-13(8-10)9-15(21-14)17(20)19-16-11(2)6-7-18-12(16)3/h4-5,8-9,11-12,16,18H,6-7H2,1-3H3,(H,19,20). The molecule has 1 aliphatic rings. The molecule has 1 aromatic heterocycles. The Morgan fingerprint density at radius 2 is 2.14 bits per heavy atom. The van der Waals surface area contributed by atoms with Crippen LogP contribution in [-0.2, 0) is 0 Å². The third-order valence-electron chi connectivity index (χ3n) is 4.41. The van der Waals surface area contributed by atoms with E-state index >= 15 is 0 Å². The lowest BCUT2D eigenvalue weighted by Crippen LogP contribution is -2.55. The van der Waals surface area contributed by atoms with Crippen molar-refractivity contribution in [1.29, 1.82) is 0 Å². The number of nitrogens with one attached hydrogen (secondary N) is 2. The number of rotatable bonds is 2. The van der Waals surface area contributed by atoms with Crippen LogP contribution in [0.15, 0.2) is 28.7 Å². The van der Waals surface area contributed by atoms with Crippen molar-refractivity contribution < 1.29 is 9.21 Å². The highest BCUT2D eigenvalue weighted by molar-refractivity contribution is 5.96. The first-order valence-corrected chi connectivity index (χ1v) is 7.59. The molecular formula is C17H22N2O2. The fourth-order valence-electron chi connectivity index (χ4n) is 3.10. The van der Waals surface area contributed by atoms with Crippen molar-refractivity contribution in [2.45, 2.75) is 39.3 Å². The molecule has 0 aliphatic carbocycles. The van der Waals surface area contributed by atoms with Crippen LogP contribution in [0.4, 0.5) is 0 Å². The van der Waals surface area contributed by atoms with Gasteiger partial charge in [0.05, 0.1) is 0 Å². The lowest BCUT2D eigenvalue weighted by Gasteiger charge is -2.35. The van der Waals surface area contributed by atoms with Crippen LogP contribution in [0.5, 0.6) is 0 Å². The average molecular weight is 286 g/mol. The van der Waals surface area contributed by atoms with Gasteiger partial charge in [0.1, 0.15) is 5.58 Å². The number of carbonyl (C=O) groups excluding carboxylic acids is 1. The smallest absolute Gasteiger partial charge is 0.287 e. The molecule has 2 N–H and O–H groups in total. The van der Waals surface area contributed by atoms with E-state index in [-0.39, 0.29) is 18.0 Å². The first-order valence-electron chi connectivity index (χ1n) is 7.59. The number of benzene rings is 1. The van der Waals surface area contributed by atoms with E-state index in [0.717, 1.165) is 29.5 Å². The van der Waals surface area contributed by atoms with Crippen LogP contribution in [0.2, 0.25) is 0 Å². The third kappa shape index (κ3) is 2.81. The van der Waals surface area contributed by atoms with Crippen LogP contribution in [-0.4, -0.2) is 24.5 Å². The Balaban J connectivity index is 1.80. The maximum Gasteiger partial charge on any atom is 0.287 e. The summed E-state index contributed by atoms with van der Waals surface area (Å²) in [5, 5.41) is 7.50. The second kappa shape index (κ2) is 5.53. The number of hydrogen-bond acceptors (Lipinski definition) is 3. The number of amides is 1. The van der Waals surface area contributed by atoms with E-state index in [0.29, 0.717) is 11.7 Å². The normalized spacial score (nSPS) is 26.0. The summed E-state index contributed by atoms with van der Waals surface area (Å²) >= 11 is 0. The molecule has 3 rings (SSSR count). The van der Waals surface area contributed by atoms with E-state index in [1.807, 2.05) is 31.2 Å². The van der Waals surface area contributed by atoms with E-state index in [2.05, 4.69) is 24.5 Å². The summed E-state index contributed by atoms with van der Waals surface area (Å²) in [6, 6.07) is 8.18. The number of carbonyl (C=O) groups is 1. The highest BCUT2D eigenvalue weighted by Crippen LogP contribution is 2.22. The van der Waals surface area contributed by atoms with Gasteiger partial charge in [0.2, 0.25) is 0 Å². The van der Waals surface area contributed by atoms with Crippen LogP contribution in [0.3, 0.4) is 0 Å². The second-order valence-electron chi connectivity index (χ2n) is 6.16. The molecule has 2 aromatic rings. The van der Waals surface area contributed by atoms with Crippen LogP contribution in [0.1, 0.15) is 36.4 Å². The van der Waals surface area contributed by atoms with E-state index in [4.69, 9.17) is 4.42 Å². The van der Waals surface area contributed by atoms with Gasteiger partial charge >= 0.3 is 0 Å². The molecule has 0 bridgehead atoms. The molecule has 1 saturated heterocycles. The fraction of sp³-hybridized carbons (Fsp3) is 0.471. The molecule has 1 fully saturated rings. The van der Waals surface area contributed by atoms with Crippen LogP contribution >= 0.6 is 0 Å². The summed E-state index contributed by atoms with van der Waals surface area (Å²) in [5.74, 6) is 0.730. The summed E-state index contributed by atoms with van der Waals surface area (Å²) in [7, 11) is 0. The Labute approximate surface area is 124 Å². The predicted octanol–water partition coefficient (Wildman–Crippen LogP) is 2.86. The molecule has 112 valence electrons. The molecular weight excluding hydrogens is 264 g/mol. The first kappa shape index (κ1) is 14.1. The summed E-state index contributed by atoms with van der Waals surface area (Å²) in [6.45, 7) is 7.34. The molecule has 1 amide bonds. The predicted molar refractivity (Wildman–Crippen MR) is 83.5 cm³/mol. The third-order valence-corrected chi connectivity index (χ3v) is 4.41. The minimum atomic E-state index is -0.128. The van der Waals surface area contributed by atoms with Gasteiger partial charge in [-0.25, -0.2) is 0 Å². The van der Waals surface area contributed by atoms with Crippen molar-refractivity contribution in [3.63, 3.8) is 0 Å². The van der Waals surface area contributed by atoms with Gasteiger partial charge in [0, 0.05) is 17.5 Å². The Hall–Kier alpha value is -1.81. The van der Waals surface area contributed by atoms with Gasteiger partial charge in [-0.2, -0.15) is 0 Å². The zero-order valence-corrected chi connectivity index (χ0v) is 12.8. The van der Waals surface area contributed by atoms with Crippen molar-refractivity contribution in [2.24, 2.45) is 5.92 Å². The SMILES string of the molecule is Cc1ccc2oc(C(=O)NC3C(C)CCNC3C)cc2c1. The van der Waals surface area contributed by atoms with E-state index in [1.54, 1.807) is 0 Å². The van der Waals surface area contributed by atoms with E-state index < -0.39 is 0 Å². The fourth-order valence-corrected chi connectivity index (χ4v) is 3.10. The van der Waals surface area contributed by atoms with Crippen molar-refractivity contribution in [3.8, 4) is 0 Å². The molecule has 4 heteroatoms. The molecule has 4 nitrogen and oxygen atoms in total. The van der Waals surface area contributed by atoms with E-state index in [9.17, 15) is 4.79 Å². The van der Waals surface area contributed by atoms with Gasteiger partial charge in [0.15, 0.2) is 5.76 Å². The first-order chi connectivity index (χ1) is 10.0. The van der Waals surface area contributed by atoms with Crippen LogP contribution in [0, 0.1) is 12.8 Å². The Bertz CT molecular complexity index is 652. The lowest BCUT2D eigenvalue weighted by molar-refractivity contribution is 0.0871. The van der Waals surface area contributed by atoms with Gasteiger partial charge in [-0.3, -0.25) is 4.79 Å². The van der Waals surface area contributed by atoms with E-state index in [1.165, 1.54) is 0 Å². The van der Waals surface area contributed by atoms with Crippen molar-refractivity contribution in [3.05, 3.63) is 35.6 Å². The van der Waals surface area contributed by atoms with Gasteiger partial charge in [-0.15, -0.1) is 0 Å². The molecule has 21 heavy (non-hydrogen) atoms. The molecule has 0 spiro atoms. The largest absolute Gasteiger partial charge is 0.451 e. The van der Waals surface area contributed by atoms with Gasteiger partial charge in [-0.1, -0.05) is 18.6 Å². The van der Waals surface area contributed by atoms with Crippen LogP contribution < -0.4 is 10.6 Å². The molecule has 0 saturated carbocycles. The average Bonchev–Trinajstić information content (AvgIpc) is 2.86. The number of fused-ring (bicyclic) bond motifs is 1. The molecule has 1 aliphatic heterocycles. The number of piperidine rings is 1. The topological polar surface area (TPSA) is 54.3 Å². The van der Waals surface area contributed by atoms with Gasteiger partial charge in [-0.05, 0) is 50.9 Å². The monoisotopic (exact) mass is 286 g/mol. The lowest BCUT2D eigenvalue weighted by atomic mass is 9.89. The quantitative estimate of drug-likeness (QED) is 0.892. The highest BCUT2D eigenvalue weighted by Gasteiger charge is 2.29. The van der Waals surface area contributed by atoms with Crippen molar-refractivity contribution >= 4 is 16.9 Å². The summed E-state index contributed by atoms with van der Waals surface area (Å²) in [6.07, 6.45) is 1.08. The Morgan fingerprint density at radius 3 is 2.90 bits per heavy atom. The Kier molecular flexibility index (Phi) is 3.72. The van der Waals surface area contributed by atoms with Gasteiger partial charge < -0.3 is 15.1 Å². The number of aryl methyl sites for hydroxylation is 1. The van der Waals surface area contributed by atoms with Crippen molar-refractivity contribution in [1.82, 2.24) is 10.6 Å². The summed E-state index contributed by atoms with van der Waals surface area (Å²) < 4.78 is 5.66. The zero-order chi connectivity index (χ0) is 15.0. The number of furan rings is 1. The maximum absolute atomic E-state index is 12.4. The van der Waals surface area contributed by atoms with Gasteiger partial charge in [0.25, 0.3) is 5.91 Å². The van der Waals surface area contributed by atoms with Crippen LogP contribution in [0.25, 0.3) is 11.0 Å². The molecule has 0 radical (unpaired) electrons.